The van der Waals surface area contributed by atoms with Gasteiger partial charge in [-0.05, 0) is 70.8 Å². The Morgan fingerprint density at radius 1 is 0.444 bits per heavy atom. The second-order valence-corrected chi connectivity index (χ2v) is 8.10. The summed E-state index contributed by atoms with van der Waals surface area (Å²) in [5, 5.41) is 0. The number of rotatable bonds is 8. The van der Waals surface area contributed by atoms with Gasteiger partial charge in [-0.2, -0.15) is 0 Å². The van der Waals surface area contributed by atoms with Gasteiger partial charge in [-0.1, -0.05) is 84.9 Å². The zero-order valence-electron chi connectivity index (χ0n) is 19.5. The van der Waals surface area contributed by atoms with Crippen molar-refractivity contribution in [2.75, 3.05) is 6.79 Å². The maximum Gasteiger partial charge on any atom is 0.343 e. The molecule has 0 aromatic heterocycles. The molecule has 0 aliphatic carbocycles. The fourth-order valence-corrected chi connectivity index (χ4v) is 3.74. The van der Waals surface area contributed by atoms with Crippen LogP contribution in [-0.2, 0) is 0 Å². The van der Waals surface area contributed by atoms with Crippen LogP contribution in [0.4, 0.5) is 0 Å². The van der Waals surface area contributed by atoms with E-state index in [1.165, 1.54) is 0 Å². The first-order valence-electron chi connectivity index (χ1n) is 11.6. The van der Waals surface area contributed by atoms with Gasteiger partial charge in [0.15, 0.2) is 0 Å². The molecule has 0 N–H and O–H groups in total. The van der Waals surface area contributed by atoms with Crippen molar-refractivity contribution >= 4 is 5.97 Å². The molecule has 0 saturated carbocycles. The van der Waals surface area contributed by atoms with Crippen molar-refractivity contribution < 1.29 is 19.0 Å². The average Bonchev–Trinajstić information content (AvgIpc) is 2.95. The minimum absolute atomic E-state index is 0.0670. The van der Waals surface area contributed by atoms with E-state index in [-0.39, 0.29) is 6.79 Å². The predicted molar refractivity (Wildman–Crippen MR) is 141 cm³/mol. The highest BCUT2D eigenvalue weighted by atomic mass is 16.7. The van der Waals surface area contributed by atoms with E-state index in [1.54, 1.807) is 36.4 Å². The number of hydrogen-bond donors (Lipinski definition) is 0. The number of ether oxygens (including phenoxy) is 3. The van der Waals surface area contributed by atoms with Crippen LogP contribution in [0.2, 0.25) is 0 Å². The Hall–Kier alpha value is -4.83. The van der Waals surface area contributed by atoms with Crippen LogP contribution in [0.5, 0.6) is 17.2 Å². The van der Waals surface area contributed by atoms with E-state index < -0.39 is 5.97 Å². The van der Waals surface area contributed by atoms with Gasteiger partial charge in [-0.15, -0.1) is 0 Å². The quantitative estimate of drug-likeness (QED) is 0.132. The summed E-state index contributed by atoms with van der Waals surface area (Å²) in [5.74, 6) is 1.36. The molecule has 0 aliphatic heterocycles. The average molecular weight is 473 g/mol. The fraction of sp³-hybridized carbons (Fsp3) is 0.0312. The van der Waals surface area contributed by atoms with E-state index in [1.807, 2.05) is 84.9 Å². The first kappa shape index (κ1) is 22.9. The number of esters is 1. The fourth-order valence-electron chi connectivity index (χ4n) is 3.74. The highest BCUT2D eigenvalue weighted by Crippen LogP contribution is 2.24. The zero-order chi connectivity index (χ0) is 24.6. The Morgan fingerprint density at radius 3 is 1.33 bits per heavy atom. The molecule has 0 amide bonds. The van der Waals surface area contributed by atoms with Crippen LogP contribution in [0.15, 0.2) is 133 Å². The molecule has 4 heteroatoms. The van der Waals surface area contributed by atoms with Crippen molar-refractivity contribution in [1.82, 2.24) is 0 Å². The third-order valence-electron chi connectivity index (χ3n) is 5.67. The first-order chi connectivity index (χ1) is 17.7. The minimum Gasteiger partial charge on any atom is -0.458 e. The second-order valence-electron chi connectivity index (χ2n) is 8.10. The third-order valence-corrected chi connectivity index (χ3v) is 5.67. The Balaban J connectivity index is 1.11. The van der Waals surface area contributed by atoms with Gasteiger partial charge in [0.2, 0.25) is 6.79 Å². The van der Waals surface area contributed by atoms with Crippen molar-refractivity contribution in [3.63, 3.8) is 0 Å². The number of hydrogen-bond acceptors (Lipinski definition) is 4. The SMILES string of the molecule is O=C(Oc1ccc(OCOc2ccc(-c3ccccc3)cc2)cc1)c1ccc(-c2ccccc2)cc1. The number of carbonyl (C=O) groups excluding carboxylic acids is 1. The summed E-state index contributed by atoms with van der Waals surface area (Å²) in [7, 11) is 0. The maximum atomic E-state index is 12.5. The molecule has 0 spiro atoms. The van der Waals surface area contributed by atoms with Crippen molar-refractivity contribution in [2.45, 2.75) is 0 Å². The Kier molecular flexibility index (Phi) is 7.05. The van der Waals surface area contributed by atoms with Crippen LogP contribution >= 0.6 is 0 Å². The summed E-state index contributed by atoms with van der Waals surface area (Å²) in [6, 6.07) is 42.3. The molecule has 5 rings (SSSR count). The largest absolute Gasteiger partial charge is 0.458 e. The molecule has 0 radical (unpaired) electrons. The summed E-state index contributed by atoms with van der Waals surface area (Å²) in [6.45, 7) is 0.0670. The van der Waals surface area contributed by atoms with Gasteiger partial charge in [0.05, 0.1) is 5.56 Å². The number of carbonyl (C=O) groups is 1. The monoisotopic (exact) mass is 472 g/mol. The second kappa shape index (κ2) is 11.1. The molecule has 0 heterocycles. The normalized spacial score (nSPS) is 10.4. The smallest absolute Gasteiger partial charge is 0.343 e. The van der Waals surface area contributed by atoms with E-state index in [0.717, 1.165) is 28.0 Å². The molecule has 0 bridgehead atoms. The molecule has 0 aliphatic rings. The summed E-state index contributed by atoms with van der Waals surface area (Å²) >= 11 is 0. The van der Waals surface area contributed by atoms with Gasteiger partial charge in [-0.25, -0.2) is 4.79 Å². The Morgan fingerprint density at radius 2 is 0.833 bits per heavy atom. The number of benzene rings is 5. The van der Waals surface area contributed by atoms with E-state index in [4.69, 9.17) is 14.2 Å². The van der Waals surface area contributed by atoms with Gasteiger partial charge < -0.3 is 14.2 Å². The zero-order valence-corrected chi connectivity index (χ0v) is 19.5. The third kappa shape index (κ3) is 5.80. The van der Waals surface area contributed by atoms with Gasteiger partial charge in [0.1, 0.15) is 17.2 Å². The highest BCUT2D eigenvalue weighted by Gasteiger charge is 2.09. The van der Waals surface area contributed by atoms with Gasteiger partial charge >= 0.3 is 5.97 Å². The maximum absolute atomic E-state index is 12.5. The van der Waals surface area contributed by atoms with Crippen molar-refractivity contribution in [3.8, 4) is 39.5 Å². The predicted octanol–water partition coefficient (Wildman–Crippen LogP) is 7.66. The molecule has 5 aromatic carbocycles. The molecule has 0 atom stereocenters. The van der Waals surface area contributed by atoms with Crippen LogP contribution in [0, 0.1) is 0 Å². The lowest BCUT2D eigenvalue weighted by molar-refractivity contribution is 0.0734. The first-order valence-corrected chi connectivity index (χ1v) is 11.6. The van der Waals surface area contributed by atoms with Crippen LogP contribution in [0.25, 0.3) is 22.3 Å². The van der Waals surface area contributed by atoms with Gasteiger partial charge in [0, 0.05) is 0 Å². The molecule has 0 saturated heterocycles. The van der Waals surface area contributed by atoms with E-state index >= 15 is 0 Å². The molecule has 36 heavy (non-hydrogen) atoms. The van der Waals surface area contributed by atoms with Crippen LogP contribution in [0.3, 0.4) is 0 Å². The lowest BCUT2D eigenvalue weighted by atomic mass is 10.0. The van der Waals surface area contributed by atoms with Crippen LogP contribution in [-0.4, -0.2) is 12.8 Å². The van der Waals surface area contributed by atoms with E-state index in [0.29, 0.717) is 17.1 Å². The van der Waals surface area contributed by atoms with Crippen molar-refractivity contribution in [1.29, 1.82) is 0 Å². The molecular formula is C32H24O4. The van der Waals surface area contributed by atoms with Crippen molar-refractivity contribution in [2.24, 2.45) is 0 Å². The molecular weight excluding hydrogens is 448 g/mol. The molecule has 4 nitrogen and oxygen atoms in total. The molecule has 0 unspecified atom stereocenters. The Bertz CT molecular complexity index is 1390. The molecule has 176 valence electrons. The van der Waals surface area contributed by atoms with Crippen LogP contribution < -0.4 is 14.2 Å². The standard InChI is InChI=1S/C32H24O4/c33-32(28-13-11-26(12-14-28)24-7-3-1-4-8-24)36-31-21-19-30(20-22-31)35-23-34-29-17-15-27(16-18-29)25-9-5-2-6-10-25/h1-22H,23H2. The lowest BCUT2D eigenvalue weighted by Gasteiger charge is -2.10. The summed E-state index contributed by atoms with van der Waals surface area (Å²) in [4.78, 5) is 12.5. The molecule has 5 aromatic rings. The van der Waals surface area contributed by atoms with Crippen molar-refractivity contribution in [3.05, 3.63) is 139 Å². The summed E-state index contributed by atoms with van der Waals surface area (Å²) in [6.07, 6.45) is 0. The van der Waals surface area contributed by atoms with Crippen LogP contribution in [0.1, 0.15) is 10.4 Å². The minimum atomic E-state index is -0.412. The highest BCUT2D eigenvalue weighted by molar-refractivity contribution is 5.91. The summed E-state index contributed by atoms with van der Waals surface area (Å²) < 4.78 is 16.8. The topological polar surface area (TPSA) is 44.8 Å². The molecule has 0 fully saturated rings. The summed E-state index contributed by atoms with van der Waals surface area (Å²) in [5.41, 5.74) is 4.91. The lowest BCUT2D eigenvalue weighted by Crippen LogP contribution is -2.08. The van der Waals surface area contributed by atoms with E-state index in [2.05, 4.69) is 12.1 Å². The van der Waals surface area contributed by atoms with Gasteiger partial charge in [0.25, 0.3) is 0 Å². The van der Waals surface area contributed by atoms with E-state index in [9.17, 15) is 4.79 Å². The Labute approximate surface area is 210 Å². The van der Waals surface area contributed by atoms with Gasteiger partial charge in [-0.3, -0.25) is 0 Å².